The molecule has 0 bridgehead atoms. The summed E-state index contributed by atoms with van der Waals surface area (Å²) < 4.78 is 0. The van der Waals surface area contributed by atoms with Crippen molar-refractivity contribution >= 4 is 22.9 Å². The maximum atomic E-state index is 6.10. The Hall–Kier alpha value is -1.04. The molecule has 6 heteroatoms. The Balaban J connectivity index is 2.02. The second-order valence-corrected chi connectivity index (χ2v) is 6.75. The van der Waals surface area contributed by atoms with Crippen molar-refractivity contribution in [2.24, 2.45) is 0 Å². The second-order valence-electron chi connectivity index (χ2n) is 5.28. The Bertz CT molecular complexity index is 548. The predicted molar refractivity (Wildman–Crippen MR) is 79.6 cm³/mol. The number of pyridine rings is 1. The molecule has 0 amide bonds. The molecule has 0 spiro atoms. The maximum Gasteiger partial charge on any atom is 0.149 e. The molecular weight excluding hydrogens is 280 g/mol. The lowest BCUT2D eigenvalue weighted by Crippen LogP contribution is -2.37. The number of halogens is 1. The van der Waals surface area contributed by atoms with E-state index < -0.39 is 0 Å². The van der Waals surface area contributed by atoms with Gasteiger partial charge in [0.1, 0.15) is 10.0 Å². The van der Waals surface area contributed by atoms with Gasteiger partial charge < -0.3 is 5.32 Å². The summed E-state index contributed by atoms with van der Waals surface area (Å²) in [4.78, 5) is 3.97. The van der Waals surface area contributed by atoms with Gasteiger partial charge in [0.15, 0.2) is 0 Å². The molecule has 0 saturated heterocycles. The zero-order chi connectivity index (χ0) is 13.9. The maximum absolute atomic E-state index is 6.10. The normalized spacial score (nSPS) is 11.8. The highest BCUT2D eigenvalue weighted by Crippen LogP contribution is 2.29. The third-order valence-electron chi connectivity index (χ3n) is 2.46. The molecule has 0 aliphatic rings. The van der Waals surface area contributed by atoms with Crippen molar-refractivity contribution in [3.63, 3.8) is 0 Å². The van der Waals surface area contributed by atoms with Crippen molar-refractivity contribution in [1.82, 2.24) is 20.5 Å². The zero-order valence-corrected chi connectivity index (χ0v) is 12.8. The number of hydrogen-bond donors (Lipinski definition) is 1. The highest BCUT2D eigenvalue weighted by atomic mass is 35.5. The smallest absolute Gasteiger partial charge is 0.149 e. The summed E-state index contributed by atoms with van der Waals surface area (Å²) in [6, 6.07) is 1.86. The molecule has 2 aromatic heterocycles. The average molecular weight is 297 g/mol. The first-order valence-electron chi connectivity index (χ1n) is 6.13. The molecular formula is C13H17ClN4S. The molecule has 1 N–H and O–H groups in total. The molecule has 0 unspecified atom stereocenters. The van der Waals surface area contributed by atoms with Crippen molar-refractivity contribution < 1.29 is 0 Å². The lowest BCUT2D eigenvalue weighted by Gasteiger charge is -2.19. The van der Waals surface area contributed by atoms with E-state index in [2.05, 4.69) is 41.3 Å². The molecule has 4 nitrogen and oxygen atoms in total. The molecule has 0 aliphatic carbocycles. The Kier molecular flexibility index (Phi) is 4.50. The highest BCUT2D eigenvalue weighted by Gasteiger charge is 2.11. The van der Waals surface area contributed by atoms with Crippen LogP contribution in [0.1, 0.15) is 25.8 Å². The first-order valence-corrected chi connectivity index (χ1v) is 7.32. The van der Waals surface area contributed by atoms with E-state index in [0.717, 1.165) is 28.5 Å². The fraction of sp³-hybridized carbons (Fsp3) is 0.462. The number of nitrogens with zero attached hydrogens (tertiary/aromatic N) is 3. The summed E-state index contributed by atoms with van der Waals surface area (Å²) >= 11 is 7.67. The van der Waals surface area contributed by atoms with Gasteiger partial charge in [-0.25, -0.2) is 0 Å². The van der Waals surface area contributed by atoms with Crippen LogP contribution in [0.3, 0.4) is 0 Å². The lowest BCUT2D eigenvalue weighted by molar-refractivity contribution is 0.429. The first kappa shape index (κ1) is 14.4. The Morgan fingerprint density at radius 2 is 2.11 bits per heavy atom. The van der Waals surface area contributed by atoms with Crippen LogP contribution >= 0.6 is 22.9 Å². The van der Waals surface area contributed by atoms with Crippen LogP contribution in [0.4, 0.5) is 0 Å². The van der Waals surface area contributed by atoms with Crippen molar-refractivity contribution in [3.8, 4) is 10.6 Å². The molecule has 0 saturated carbocycles. The fourth-order valence-corrected chi connectivity index (χ4v) is 2.70. The van der Waals surface area contributed by atoms with Gasteiger partial charge in [0.25, 0.3) is 0 Å². The summed E-state index contributed by atoms with van der Waals surface area (Å²) in [6.45, 7) is 7.34. The molecule has 19 heavy (non-hydrogen) atoms. The van der Waals surface area contributed by atoms with E-state index in [1.165, 1.54) is 0 Å². The van der Waals surface area contributed by atoms with Gasteiger partial charge in [0.05, 0.1) is 5.02 Å². The summed E-state index contributed by atoms with van der Waals surface area (Å²) in [5, 5.41) is 14.3. The van der Waals surface area contributed by atoms with Gasteiger partial charge in [-0.15, -0.1) is 10.2 Å². The third kappa shape index (κ3) is 4.23. The fourth-order valence-electron chi connectivity index (χ4n) is 1.56. The molecule has 2 aromatic rings. The molecule has 2 heterocycles. The van der Waals surface area contributed by atoms with Gasteiger partial charge in [-0.1, -0.05) is 22.9 Å². The van der Waals surface area contributed by atoms with Crippen LogP contribution in [0, 0.1) is 0 Å². The number of rotatable bonds is 4. The molecule has 0 radical (unpaired) electrons. The predicted octanol–water partition coefficient (Wildman–Crippen LogP) is 3.18. The van der Waals surface area contributed by atoms with E-state index in [4.69, 9.17) is 11.6 Å². The molecule has 0 fully saturated rings. The van der Waals surface area contributed by atoms with E-state index in [-0.39, 0.29) is 5.54 Å². The van der Waals surface area contributed by atoms with Gasteiger partial charge in [-0.05, 0) is 26.8 Å². The van der Waals surface area contributed by atoms with Crippen LogP contribution < -0.4 is 5.32 Å². The van der Waals surface area contributed by atoms with Crippen molar-refractivity contribution in [2.75, 3.05) is 6.54 Å². The third-order valence-corrected chi connectivity index (χ3v) is 3.78. The summed E-state index contributed by atoms with van der Waals surface area (Å²) in [6.07, 6.45) is 4.21. The molecule has 0 atom stereocenters. The van der Waals surface area contributed by atoms with Gasteiger partial charge in [0.2, 0.25) is 0 Å². The van der Waals surface area contributed by atoms with E-state index in [1.54, 1.807) is 23.7 Å². The molecule has 2 rings (SSSR count). The van der Waals surface area contributed by atoms with Crippen LogP contribution in [0.15, 0.2) is 18.5 Å². The minimum absolute atomic E-state index is 0.127. The second kappa shape index (κ2) is 5.94. The SMILES string of the molecule is CC(C)(C)NCCc1nnc(-c2ccncc2Cl)s1. The number of hydrogen-bond acceptors (Lipinski definition) is 5. The topological polar surface area (TPSA) is 50.7 Å². The summed E-state index contributed by atoms with van der Waals surface area (Å²) in [7, 11) is 0. The first-order chi connectivity index (χ1) is 8.96. The van der Waals surface area contributed by atoms with E-state index >= 15 is 0 Å². The van der Waals surface area contributed by atoms with Crippen molar-refractivity contribution in [1.29, 1.82) is 0 Å². The van der Waals surface area contributed by atoms with Crippen LogP contribution in [0.25, 0.3) is 10.6 Å². The van der Waals surface area contributed by atoms with Gasteiger partial charge in [0, 0.05) is 36.5 Å². The Labute approximate surface area is 122 Å². The largest absolute Gasteiger partial charge is 0.312 e. The molecule has 0 aromatic carbocycles. The average Bonchev–Trinajstić information content (AvgIpc) is 2.76. The Morgan fingerprint density at radius 1 is 1.32 bits per heavy atom. The standard InChI is InChI=1S/C13H17ClN4S/c1-13(2,3)16-7-5-11-17-18-12(19-11)9-4-6-15-8-10(9)14/h4,6,8,16H,5,7H2,1-3H3. The van der Waals surface area contributed by atoms with Crippen molar-refractivity contribution in [2.45, 2.75) is 32.7 Å². The van der Waals surface area contributed by atoms with E-state index in [1.807, 2.05) is 6.07 Å². The summed E-state index contributed by atoms with van der Waals surface area (Å²) in [5.74, 6) is 0. The van der Waals surface area contributed by atoms with E-state index in [9.17, 15) is 0 Å². The minimum Gasteiger partial charge on any atom is -0.312 e. The monoisotopic (exact) mass is 296 g/mol. The molecule has 102 valence electrons. The molecule has 0 aliphatic heterocycles. The van der Waals surface area contributed by atoms with Crippen LogP contribution in [0.5, 0.6) is 0 Å². The zero-order valence-electron chi connectivity index (χ0n) is 11.3. The minimum atomic E-state index is 0.127. The van der Waals surface area contributed by atoms with Crippen molar-refractivity contribution in [3.05, 3.63) is 28.5 Å². The van der Waals surface area contributed by atoms with Gasteiger partial charge in [-0.2, -0.15) is 0 Å². The summed E-state index contributed by atoms with van der Waals surface area (Å²) in [5.41, 5.74) is 1.02. The lowest BCUT2D eigenvalue weighted by atomic mass is 10.1. The van der Waals surface area contributed by atoms with Crippen LogP contribution in [-0.2, 0) is 6.42 Å². The Morgan fingerprint density at radius 3 is 2.79 bits per heavy atom. The quantitative estimate of drug-likeness (QED) is 0.941. The van der Waals surface area contributed by atoms with Crippen LogP contribution in [0.2, 0.25) is 5.02 Å². The van der Waals surface area contributed by atoms with Crippen LogP contribution in [-0.4, -0.2) is 27.3 Å². The van der Waals surface area contributed by atoms with Gasteiger partial charge in [-0.3, -0.25) is 4.98 Å². The van der Waals surface area contributed by atoms with Gasteiger partial charge >= 0.3 is 0 Å². The number of aromatic nitrogens is 3. The van der Waals surface area contributed by atoms with E-state index in [0.29, 0.717) is 5.02 Å². The highest BCUT2D eigenvalue weighted by molar-refractivity contribution is 7.14. The number of nitrogens with one attached hydrogen (secondary N) is 1.